The van der Waals surface area contributed by atoms with Gasteiger partial charge in [-0.15, -0.1) is 0 Å². The average molecular weight is 705 g/mol. The summed E-state index contributed by atoms with van der Waals surface area (Å²) in [4.78, 5) is 19.6. The highest BCUT2D eigenvalue weighted by Crippen LogP contribution is 2.35. The van der Waals surface area contributed by atoms with Gasteiger partial charge in [0.05, 0.1) is 40.0 Å². The number of ether oxygens (including phenoxy) is 1. The number of para-hydroxylation sites is 1. The zero-order valence-electron chi connectivity index (χ0n) is 27.1. The van der Waals surface area contributed by atoms with Gasteiger partial charge in [0.25, 0.3) is 10.0 Å². The number of hydrogen-bond donors (Lipinski definition) is 3. The number of sulfonamides is 1. The van der Waals surface area contributed by atoms with E-state index in [4.69, 9.17) is 9.72 Å². The number of benzene rings is 3. The lowest BCUT2D eigenvalue weighted by molar-refractivity contribution is 0.0352. The zero-order chi connectivity index (χ0) is 35.4. The van der Waals surface area contributed by atoms with Gasteiger partial charge in [0, 0.05) is 18.7 Å². The predicted octanol–water partition coefficient (Wildman–Crippen LogP) is 5.99. The minimum atomic E-state index is -4.51. The highest BCUT2D eigenvalue weighted by Gasteiger charge is 2.29. The molecule has 50 heavy (non-hydrogen) atoms. The van der Waals surface area contributed by atoms with Crippen molar-refractivity contribution in [1.29, 1.82) is 0 Å². The Hall–Kier alpha value is -5.48. The van der Waals surface area contributed by atoms with E-state index in [2.05, 4.69) is 29.9 Å². The van der Waals surface area contributed by atoms with E-state index in [1.54, 1.807) is 23.0 Å². The van der Waals surface area contributed by atoms with Crippen molar-refractivity contribution in [2.24, 2.45) is 0 Å². The van der Waals surface area contributed by atoms with Crippen molar-refractivity contribution in [3.05, 3.63) is 90.3 Å². The molecule has 0 bridgehead atoms. The third kappa shape index (κ3) is 5.89. The van der Waals surface area contributed by atoms with Gasteiger partial charge in [-0.25, -0.2) is 41.5 Å². The van der Waals surface area contributed by atoms with Crippen LogP contribution in [0.5, 0.6) is 5.75 Å². The standard InChI is InChI=1S/C34H31F3N8O4S/c1-19-26(11-10-25(49-3)28(19)36)50(47,48)43-21-8-7-20(35)30(29(21)37)42-33-31-22(38-17-39-33)9-12-27(41-31)45-18-40-32-23(5-4-6-24(32)45)44-15-13-34(2,46)14-16-44/h4-12,17-18,43,46H,13-16H2,1-3H3,(H,38,39,42). The van der Waals surface area contributed by atoms with Crippen molar-refractivity contribution in [3.8, 4) is 11.6 Å². The number of piperidine rings is 1. The van der Waals surface area contributed by atoms with Gasteiger partial charge < -0.3 is 20.1 Å². The predicted molar refractivity (Wildman–Crippen MR) is 182 cm³/mol. The summed E-state index contributed by atoms with van der Waals surface area (Å²) < 4.78 is 80.8. The van der Waals surface area contributed by atoms with Crippen molar-refractivity contribution < 1.29 is 31.4 Å². The molecule has 0 unspecified atom stereocenters. The molecule has 16 heteroatoms. The lowest BCUT2D eigenvalue weighted by atomic mass is 9.93. The van der Waals surface area contributed by atoms with Crippen molar-refractivity contribution in [2.45, 2.75) is 37.2 Å². The second kappa shape index (κ2) is 12.4. The molecular weight excluding hydrogens is 673 g/mol. The Bertz CT molecular complexity index is 2390. The molecule has 3 N–H and O–H groups in total. The van der Waals surface area contributed by atoms with Crippen LogP contribution < -0.4 is 19.7 Å². The molecule has 12 nitrogen and oxygen atoms in total. The Labute approximate surface area is 284 Å². The minimum absolute atomic E-state index is 0.0480. The van der Waals surface area contributed by atoms with E-state index in [0.717, 1.165) is 41.0 Å². The zero-order valence-corrected chi connectivity index (χ0v) is 27.9. The van der Waals surface area contributed by atoms with E-state index in [1.165, 1.54) is 20.4 Å². The molecule has 3 aromatic carbocycles. The molecular formula is C34H31F3N8O4S. The molecule has 0 spiro atoms. The van der Waals surface area contributed by atoms with Crippen molar-refractivity contribution in [1.82, 2.24) is 24.5 Å². The number of fused-ring (bicyclic) bond motifs is 2. The minimum Gasteiger partial charge on any atom is -0.494 e. The number of pyridine rings is 1. The van der Waals surface area contributed by atoms with Crippen molar-refractivity contribution >= 4 is 55.0 Å². The summed E-state index contributed by atoms with van der Waals surface area (Å²) in [5, 5.41) is 13.0. The fraction of sp³-hybridized carbons (Fsp3) is 0.235. The number of imidazole rings is 1. The van der Waals surface area contributed by atoms with Crippen LogP contribution in [0, 0.1) is 24.4 Å². The molecule has 1 saturated heterocycles. The highest BCUT2D eigenvalue weighted by molar-refractivity contribution is 7.92. The number of nitrogens with zero attached hydrogens (tertiary/aromatic N) is 6. The Kier molecular flexibility index (Phi) is 8.22. The van der Waals surface area contributed by atoms with Crippen molar-refractivity contribution in [2.75, 3.05) is 35.1 Å². The fourth-order valence-corrected chi connectivity index (χ4v) is 7.30. The van der Waals surface area contributed by atoms with E-state index in [1.807, 2.05) is 25.1 Å². The first-order valence-electron chi connectivity index (χ1n) is 15.5. The summed E-state index contributed by atoms with van der Waals surface area (Å²) in [6.45, 7) is 4.44. The first-order valence-corrected chi connectivity index (χ1v) is 17.0. The molecule has 0 amide bonds. The van der Waals surface area contributed by atoms with Crippen LogP contribution >= 0.6 is 0 Å². The maximum absolute atomic E-state index is 15.9. The van der Waals surface area contributed by atoms with Gasteiger partial charge in [0.15, 0.2) is 23.2 Å². The third-order valence-corrected chi connectivity index (χ3v) is 10.4. The second-order valence-electron chi connectivity index (χ2n) is 12.2. The summed E-state index contributed by atoms with van der Waals surface area (Å²) in [5.41, 5.74) is 0.748. The average Bonchev–Trinajstić information content (AvgIpc) is 3.53. The van der Waals surface area contributed by atoms with Crippen LogP contribution in [-0.2, 0) is 10.0 Å². The SMILES string of the molecule is COc1ccc(S(=O)(=O)Nc2ccc(F)c(Nc3ncnc4ccc(-n5cnc6c(N7CCC(C)(O)CC7)cccc65)nc34)c2F)c(C)c1F. The van der Waals surface area contributed by atoms with E-state index in [9.17, 15) is 17.9 Å². The Morgan fingerprint density at radius 1 is 0.940 bits per heavy atom. The number of aliphatic hydroxyl groups is 1. The maximum atomic E-state index is 15.9. The van der Waals surface area contributed by atoms with Gasteiger partial charge >= 0.3 is 0 Å². The monoisotopic (exact) mass is 704 g/mol. The third-order valence-electron chi connectivity index (χ3n) is 8.84. The lowest BCUT2D eigenvalue weighted by Gasteiger charge is -2.37. The molecule has 6 aromatic rings. The first kappa shape index (κ1) is 33.0. The Morgan fingerprint density at radius 3 is 2.48 bits per heavy atom. The maximum Gasteiger partial charge on any atom is 0.262 e. The molecule has 0 saturated carbocycles. The van der Waals surface area contributed by atoms with E-state index in [-0.39, 0.29) is 22.6 Å². The van der Waals surface area contributed by atoms with E-state index < -0.39 is 49.3 Å². The molecule has 7 rings (SSSR count). The fourth-order valence-electron chi connectivity index (χ4n) is 6.00. The van der Waals surface area contributed by atoms with Crippen LogP contribution in [0.15, 0.2) is 72.1 Å². The first-order chi connectivity index (χ1) is 23.9. The van der Waals surface area contributed by atoms with Gasteiger partial charge in [0.2, 0.25) is 0 Å². The molecule has 1 aliphatic rings. The molecule has 0 radical (unpaired) electrons. The highest BCUT2D eigenvalue weighted by atomic mass is 32.2. The number of hydrogen-bond acceptors (Lipinski definition) is 10. The summed E-state index contributed by atoms with van der Waals surface area (Å²) >= 11 is 0. The van der Waals surface area contributed by atoms with Gasteiger partial charge in [-0.1, -0.05) is 6.07 Å². The number of anilines is 4. The van der Waals surface area contributed by atoms with Gasteiger partial charge in [-0.3, -0.25) is 9.29 Å². The number of aromatic nitrogens is 5. The van der Waals surface area contributed by atoms with Crippen LogP contribution in [0.4, 0.5) is 36.1 Å². The van der Waals surface area contributed by atoms with Crippen LogP contribution in [0.1, 0.15) is 25.3 Å². The number of rotatable bonds is 8. The Morgan fingerprint density at radius 2 is 1.72 bits per heavy atom. The van der Waals surface area contributed by atoms with Crippen molar-refractivity contribution in [3.63, 3.8) is 0 Å². The normalized spacial score (nSPS) is 14.7. The molecule has 4 heterocycles. The molecule has 3 aromatic heterocycles. The van der Waals surface area contributed by atoms with Gasteiger partial charge in [0.1, 0.15) is 41.0 Å². The summed E-state index contributed by atoms with van der Waals surface area (Å²) in [6, 6.07) is 13.3. The largest absolute Gasteiger partial charge is 0.494 e. The summed E-state index contributed by atoms with van der Waals surface area (Å²) in [5.74, 6) is -2.97. The van der Waals surface area contributed by atoms with Gasteiger partial charge in [-0.05, 0) is 75.2 Å². The van der Waals surface area contributed by atoms with Gasteiger partial charge in [-0.2, -0.15) is 0 Å². The lowest BCUT2D eigenvalue weighted by Crippen LogP contribution is -2.42. The smallest absolute Gasteiger partial charge is 0.262 e. The molecule has 0 atom stereocenters. The number of methoxy groups -OCH3 is 1. The van der Waals surface area contributed by atoms with E-state index in [0.29, 0.717) is 37.3 Å². The number of nitrogens with one attached hydrogen (secondary N) is 2. The van der Waals surface area contributed by atoms with Crippen LogP contribution in [-0.4, -0.2) is 63.8 Å². The topological polar surface area (TPSA) is 147 Å². The second-order valence-corrected chi connectivity index (χ2v) is 13.9. The molecule has 0 aliphatic carbocycles. The quantitative estimate of drug-likeness (QED) is 0.173. The van der Waals surface area contributed by atoms with E-state index >= 15 is 8.78 Å². The van der Waals surface area contributed by atoms with Crippen LogP contribution in [0.2, 0.25) is 0 Å². The number of halogens is 3. The van der Waals surface area contributed by atoms with Crippen LogP contribution in [0.3, 0.4) is 0 Å². The molecule has 1 fully saturated rings. The summed E-state index contributed by atoms with van der Waals surface area (Å²) in [6.07, 6.45) is 4.09. The van der Waals surface area contributed by atoms with Crippen LogP contribution in [0.25, 0.3) is 27.9 Å². The Balaban J connectivity index is 1.22. The molecule has 1 aliphatic heterocycles. The molecule has 258 valence electrons. The summed E-state index contributed by atoms with van der Waals surface area (Å²) in [7, 11) is -3.27.